The first kappa shape index (κ1) is 18.8. The third kappa shape index (κ3) is 4.83. The van der Waals surface area contributed by atoms with Crippen LogP contribution in [0, 0.1) is 0 Å². The van der Waals surface area contributed by atoms with Gasteiger partial charge in [-0.05, 0) is 29.8 Å². The highest BCUT2D eigenvalue weighted by atomic mass is 32.2. The Labute approximate surface area is 159 Å². The maximum Gasteiger partial charge on any atom is 0.253 e. The number of benzene rings is 2. The van der Waals surface area contributed by atoms with Crippen molar-refractivity contribution >= 4 is 15.7 Å². The van der Waals surface area contributed by atoms with Crippen molar-refractivity contribution < 1.29 is 13.2 Å². The fourth-order valence-corrected chi connectivity index (χ4v) is 3.39. The number of hydrogen-bond acceptors (Lipinski definition) is 4. The topological polar surface area (TPSA) is 72.3 Å². The summed E-state index contributed by atoms with van der Waals surface area (Å²) < 4.78 is 24.9. The van der Waals surface area contributed by atoms with E-state index in [0.29, 0.717) is 18.7 Å². The van der Waals surface area contributed by atoms with Crippen molar-refractivity contribution in [2.45, 2.75) is 18.0 Å². The zero-order valence-electron chi connectivity index (χ0n) is 15.2. The van der Waals surface area contributed by atoms with Gasteiger partial charge in [-0.25, -0.2) is 8.42 Å². The van der Waals surface area contributed by atoms with Gasteiger partial charge in [-0.3, -0.25) is 9.48 Å². The van der Waals surface area contributed by atoms with Gasteiger partial charge in [0.15, 0.2) is 9.84 Å². The van der Waals surface area contributed by atoms with Gasteiger partial charge in [0.1, 0.15) is 0 Å². The predicted octanol–water partition coefficient (Wildman–Crippen LogP) is 2.61. The highest BCUT2D eigenvalue weighted by Gasteiger charge is 2.14. The molecule has 7 heteroatoms. The number of aromatic nitrogens is 2. The zero-order chi connectivity index (χ0) is 19.4. The van der Waals surface area contributed by atoms with Crippen molar-refractivity contribution in [2.75, 3.05) is 13.3 Å². The Hall–Kier alpha value is -2.93. The van der Waals surface area contributed by atoms with Gasteiger partial charge < -0.3 is 4.90 Å². The number of hydrogen-bond donors (Lipinski definition) is 0. The van der Waals surface area contributed by atoms with Gasteiger partial charge in [-0.2, -0.15) is 5.10 Å². The highest BCUT2D eigenvalue weighted by molar-refractivity contribution is 7.90. The SMILES string of the molecule is CN(Cc1cnn(Cc2ccccc2)c1)C(=O)c1ccc(S(C)(=O)=O)cc1. The smallest absolute Gasteiger partial charge is 0.253 e. The van der Waals surface area contributed by atoms with Crippen molar-refractivity contribution in [3.63, 3.8) is 0 Å². The minimum atomic E-state index is -3.27. The van der Waals surface area contributed by atoms with Crippen LogP contribution in [-0.4, -0.2) is 42.3 Å². The molecule has 6 nitrogen and oxygen atoms in total. The Kier molecular flexibility index (Phi) is 5.41. The zero-order valence-corrected chi connectivity index (χ0v) is 16.1. The fourth-order valence-electron chi connectivity index (χ4n) is 2.76. The molecule has 0 saturated carbocycles. The van der Waals surface area contributed by atoms with E-state index in [1.54, 1.807) is 18.1 Å². The van der Waals surface area contributed by atoms with E-state index in [4.69, 9.17) is 0 Å². The molecule has 0 bridgehead atoms. The van der Waals surface area contributed by atoms with E-state index in [1.807, 2.05) is 41.2 Å². The highest BCUT2D eigenvalue weighted by Crippen LogP contribution is 2.13. The van der Waals surface area contributed by atoms with Gasteiger partial charge in [-0.15, -0.1) is 0 Å². The number of carbonyl (C=O) groups excluding carboxylic acids is 1. The average Bonchev–Trinajstić information content (AvgIpc) is 3.08. The Balaban J connectivity index is 1.65. The molecule has 0 unspecified atom stereocenters. The molecular formula is C20H21N3O3S. The van der Waals surface area contributed by atoms with Gasteiger partial charge in [0.05, 0.1) is 17.6 Å². The van der Waals surface area contributed by atoms with Crippen molar-refractivity contribution in [3.8, 4) is 0 Å². The number of amides is 1. The standard InChI is InChI=1S/C20H21N3O3S/c1-22(20(24)18-8-10-19(11-9-18)27(2,25)26)13-17-12-21-23(15-17)14-16-6-4-3-5-7-16/h3-12,15H,13-14H2,1-2H3. The summed E-state index contributed by atoms with van der Waals surface area (Å²) in [6.07, 6.45) is 4.81. The maximum absolute atomic E-state index is 12.6. The number of sulfone groups is 1. The summed E-state index contributed by atoms with van der Waals surface area (Å²) in [7, 11) is -1.56. The molecule has 0 spiro atoms. The molecule has 1 heterocycles. The Morgan fingerprint density at radius 1 is 1.04 bits per heavy atom. The second kappa shape index (κ2) is 7.75. The lowest BCUT2D eigenvalue weighted by molar-refractivity contribution is 0.0785. The van der Waals surface area contributed by atoms with Crippen LogP contribution in [0.4, 0.5) is 0 Å². The summed E-state index contributed by atoms with van der Waals surface area (Å²) in [5, 5.41) is 4.35. The second-order valence-corrected chi connectivity index (χ2v) is 8.51. The van der Waals surface area contributed by atoms with Crippen LogP contribution in [0.3, 0.4) is 0 Å². The molecule has 1 amide bonds. The summed E-state index contributed by atoms with van der Waals surface area (Å²) in [5.74, 6) is -0.175. The van der Waals surface area contributed by atoms with Crippen molar-refractivity contribution in [3.05, 3.63) is 83.7 Å². The lowest BCUT2D eigenvalue weighted by Gasteiger charge is -2.16. The summed E-state index contributed by atoms with van der Waals surface area (Å²) in [4.78, 5) is 14.3. The third-order valence-corrected chi connectivity index (χ3v) is 5.30. The quantitative estimate of drug-likeness (QED) is 0.656. The molecule has 1 aromatic heterocycles. The van der Waals surface area contributed by atoms with Crippen LogP contribution in [0.25, 0.3) is 0 Å². The van der Waals surface area contributed by atoms with E-state index in [9.17, 15) is 13.2 Å². The molecule has 3 rings (SSSR count). The van der Waals surface area contributed by atoms with Crippen LogP contribution in [0.2, 0.25) is 0 Å². The number of nitrogens with zero attached hydrogens (tertiary/aromatic N) is 3. The molecule has 0 saturated heterocycles. The average molecular weight is 383 g/mol. The second-order valence-electron chi connectivity index (χ2n) is 6.49. The summed E-state index contributed by atoms with van der Waals surface area (Å²) >= 11 is 0. The van der Waals surface area contributed by atoms with Crippen molar-refractivity contribution in [1.29, 1.82) is 0 Å². The van der Waals surface area contributed by atoms with Crippen LogP contribution in [0.5, 0.6) is 0 Å². The van der Waals surface area contributed by atoms with E-state index in [1.165, 1.54) is 24.3 Å². The molecule has 0 aliphatic carbocycles. The molecule has 0 aliphatic rings. The summed E-state index contributed by atoms with van der Waals surface area (Å²) in [6.45, 7) is 1.09. The summed E-state index contributed by atoms with van der Waals surface area (Å²) in [5.41, 5.74) is 2.53. The van der Waals surface area contributed by atoms with Gasteiger partial charge in [0.25, 0.3) is 5.91 Å². The van der Waals surface area contributed by atoms with E-state index >= 15 is 0 Å². The fraction of sp³-hybridized carbons (Fsp3) is 0.200. The van der Waals surface area contributed by atoms with Gasteiger partial charge >= 0.3 is 0 Å². The largest absolute Gasteiger partial charge is 0.337 e. The van der Waals surface area contributed by atoms with Crippen molar-refractivity contribution in [2.24, 2.45) is 0 Å². The Morgan fingerprint density at radius 3 is 2.33 bits per heavy atom. The lowest BCUT2D eigenvalue weighted by atomic mass is 10.2. The molecule has 2 aromatic carbocycles. The number of rotatable bonds is 6. The normalized spacial score (nSPS) is 11.3. The van der Waals surface area contributed by atoms with Gasteiger partial charge in [0.2, 0.25) is 0 Å². The first-order valence-electron chi connectivity index (χ1n) is 8.44. The monoisotopic (exact) mass is 383 g/mol. The van der Waals surface area contributed by atoms with Crippen LogP contribution in [-0.2, 0) is 22.9 Å². The van der Waals surface area contributed by atoms with Crippen LogP contribution >= 0.6 is 0 Å². The minimum Gasteiger partial charge on any atom is -0.337 e. The van der Waals surface area contributed by atoms with E-state index < -0.39 is 9.84 Å². The molecule has 0 atom stereocenters. The van der Waals surface area contributed by atoms with Crippen LogP contribution < -0.4 is 0 Å². The molecule has 3 aromatic rings. The molecule has 0 N–H and O–H groups in total. The van der Waals surface area contributed by atoms with Crippen LogP contribution in [0.1, 0.15) is 21.5 Å². The van der Waals surface area contributed by atoms with Gasteiger partial charge in [-0.1, -0.05) is 30.3 Å². The van der Waals surface area contributed by atoms with E-state index in [0.717, 1.165) is 17.4 Å². The molecule has 0 aliphatic heterocycles. The molecule has 27 heavy (non-hydrogen) atoms. The van der Waals surface area contributed by atoms with E-state index in [-0.39, 0.29) is 10.8 Å². The minimum absolute atomic E-state index is 0.175. The van der Waals surface area contributed by atoms with Crippen LogP contribution in [0.15, 0.2) is 71.9 Å². The lowest BCUT2D eigenvalue weighted by Crippen LogP contribution is -2.26. The Morgan fingerprint density at radius 2 is 1.70 bits per heavy atom. The molecule has 140 valence electrons. The summed E-state index contributed by atoms with van der Waals surface area (Å²) in [6, 6.07) is 16.0. The molecular weight excluding hydrogens is 362 g/mol. The number of carbonyl (C=O) groups is 1. The van der Waals surface area contributed by atoms with Crippen molar-refractivity contribution in [1.82, 2.24) is 14.7 Å². The molecule has 0 radical (unpaired) electrons. The first-order chi connectivity index (χ1) is 12.8. The maximum atomic E-state index is 12.6. The molecule has 0 fully saturated rings. The van der Waals surface area contributed by atoms with E-state index in [2.05, 4.69) is 5.10 Å². The van der Waals surface area contributed by atoms with Gasteiger partial charge in [0, 0.05) is 37.2 Å². The Bertz CT molecular complexity index is 1030. The first-order valence-corrected chi connectivity index (χ1v) is 10.3. The predicted molar refractivity (Wildman–Crippen MR) is 103 cm³/mol. The third-order valence-electron chi connectivity index (χ3n) is 4.17.